The van der Waals surface area contributed by atoms with Gasteiger partial charge < -0.3 is 9.80 Å². The second-order valence-electron chi connectivity index (χ2n) is 6.63. The quantitative estimate of drug-likeness (QED) is 0.712. The Labute approximate surface area is 157 Å². The lowest BCUT2D eigenvalue weighted by Crippen LogP contribution is -2.49. The summed E-state index contributed by atoms with van der Waals surface area (Å²) >= 11 is 1.74. The highest BCUT2D eigenvalue weighted by atomic mass is 32.1. The van der Waals surface area contributed by atoms with E-state index in [1.165, 1.54) is 10.4 Å². The van der Waals surface area contributed by atoms with E-state index in [1.54, 1.807) is 17.7 Å². The maximum absolute atomic E-state index is 12.7. The molecule has 0 spiro atoms. The minimum Gasteiger partial charge on any atom is -0.352 e. The highest BCUT2D eigenvalue weighted by molar-refractivity contribution is 7.18. The lowest BCUT2D eigenvalue weighted by atomic mass is 10.1. The fourth-order valence-corrected chi connectivity index (χ4v) is 4.25. The van der Waals surface area contributed by atoms with E-state index in [2.05, 4.69) is 27.9 Å². The summed E-state index contributed by atoms with van der Waals surface area (Å²) in [6, 6.07) is 10.0. The van der Waals surface area contributed by atoms with E-state index in [-0.39, 0.29) is 5.91 Å². The molecule has 1 saturated heterocycles. The van der Waals surface area contributed by atoms with Gasteiger partial charge in [-0.25, -0.2) is 9.97 Å². The van der Waals surface area contributed by atoms with Crippen molar-refractivity contribution < 1.29 is 4.79 Å². The summed E-state index contributed by atoms with van der Waals surface area (Å²) in [7, 11) is 0. The van der Waals surface area contributed by atoms with Crippen molar-refractivity contribution in [3.63, 3.8) is 0 Å². The first-order valence-corrected chi connectivity index (χ1v) is 9.81. The molecule has 3 heterocycles. The van der Waals surface area contributed by atoms with Crippen molar-refractivity contribution in [2.45, 2.75) is 20.3 Å². The number of aromatic nitrogens is 2. The topological polar surface area (TPSA) is 49.3 Å². The van der Waals surface area contributed by atoms with Crippen LogP contribution in [0.15, 0.2) is 36.7 Å². The van der Waals surface area contributed by atoms with Crippen molar-refractivity contribution in [1.82, 2.24) is 14.9 Å². The number of hydrogen-bond acceptors (Lipinski definition) is 5. The Morgan fingerprint density at radius 1 is 1.12 bits per heavy atom. The fourth-order valence-electron chi connectivity index (χ4n) is 3.32. The molecule has 0 N–H and O–H groups in total. The Balaban J connectivity index is 1.49. The normalized spacial score (nSPS) is 14.8. The predicted molar refractivity (Wildman–Crippen MR) is 106 cm³/mol. The van der Waals surface area contributed by atoms with Crippen molar-refractivity contribution in [2.24, 2.45) is 0 Å². The van der Waals surface area contributed by atoms with Crippen LogP contribution in [0.2, 0.25) is 0 Å². The van der Waals surface area contributed by atoms with Crippen LogP contribution < -0.4 is 4.90 Å². The minimum atomic E-state index is 0.112. The van der Waals surface area contributed by atoms with Gasteiger partial charge in [0.1, 0.15) is 17.0 Å². The van der Waals surface area contributed by atoms with Gasteiger partial charge in [-0.2, -0.15) is 0 Å². The van der Waals surface area contributed by atoms with Gasteiger partial charge in [-0.05, 0) is 31.5 Å². The molecule has 134 valence electrons. The highest BCUT2D eigenvalue weighted by Crippen LogP contribution is 2.31. The Hall–Kier alpha value is -2.47. The predicted octanol–water partition coefficient (Wildman–Crippen LogP) is 3.52. The number of aryl methyl sites for hydroxylation is 2. The van der Waals surface area contributed by atoms with Gasteiger partial charge in [0.2, 0.25) is 0 Å². The number of rotatable bonds is 3. The lowest BCUT2D eigenvalue weighted by molar-refractivity contribution is 0.0746. The Kier molecular flexibility index (Phi) is 4.59. The van der Waals surface area contributed by atoms with Crippen molar-refractivity contribution in [2.75, 3.05) is 31.1 Å². The molecule has 2 aromatic heterocycles. The van der Waals surface area contributed by atoms with Crippen LogP contribution in [0.4, 0.5) is 5.82 Å². The first-order valence-electron chi connectivity index (χ1n) is 9.00. The third-order valence-electron chi connectivity index (χ3n) is 4.87. The zero-order valence-corrected chi connectivity index (χ0v) is 15.9. The third-order valence-corrected chi connectivity index (χ3v) is 6.06. The van der Waals surface area contributed by atoms with Gasteiger partial charge >= 0.3 is 0 Å². The zero-order chi connectivity index (χ0) is 18.1. The molecule has 0 aliphatic carbocycles. The van der Waals surface area contributed by atoms with Crippen LogP contribution in [0.25, 0.3) is 10.2 Å². The summed E-state index contributed by atoms with van der Waals surface area (Å²) in [6.45, 7) is 7.20. The number of benzene rings is 1. The van der Waals surface area contributed by atoms with Crippen LogP contribution in [0.5, 0.6) is 0 Å². The molecule has 0 radical (unpaired) electrons. The SMILES string of the molecule is CCc1cc2c(N3CCN(C(=O)c4ccc(C)cc4)CC3)ncnc2s1. The van der Waals surface area contributed by atoms with E-state index in [0.29, 0.717) is 13.1 Å². The van der Waals surface area contributed by atoms with Gasteiger partial charge in [0.25, 0.3) is 5.91 Å². The highest BCUT2D eigenvalue weighted by Gasteiger charge is 2.24. The molecule has 1 aromatic carbocycles. The number of piperazine rings is 1. The molecule has 0 saturated carbocycles. The third kappa shape index (κ3) is 3.17. The fraction of sp³-hybridized carbons (Fsp3) is 0.350. The van der Waals surface area contributed by atoms with Crippen molar-refractivity contribution in [3.05, 3.63) is 52.7 Å². The summed E-state index contributed by atoms with van der Waals surface area (Å²) in [6.07, 6.45) is 2.66. The van der Waals surface area contributed by atoms with Crippen molar-refractivity contribution >= 4 is 33.3 Å². The number of carbonyl (C=O) groups excluding carboxylic acids is 1. The van der Waals surface area contributed by atoms with Gasteiger partial charge in [0, 0.05) is 36.6 Å². The van der Waals surface area contributed by atoms with E-state index < -0.39 is 0 Å². The van der Waals surface area contributed by atoms with E-state index in [4.69, 9.17) is 0 Å². The monoisotopic (exact) mass is 366 g/mol. The average molecular weight is 366 g/mol. The first kappa shape index (κ1) is 17.0. The van der Waals surface area contributed by atoms with Crippen molar-refractivity contribution in [1.29, 1.82) is 0 Å². The Morgan fingerprint density at radius 3 is 2.54 bits per heavy atom. The molecule has 1 amide bonds. The molecule has 1 aliphatic heterocycles. The molecule has 1 aliphatic rings. The van der Waals surface area contributed by atoms with Gasteiger partial charge in [-0.3, -0.25) is 4.79 Å². The standard InChI is InChI=1S/C20H22N4OS/c1-3-16-12-17-18(21-13-22-19(17)26-16)23-8-10-24(11-9-23)20(25)15-6-4-14(2)5-7-15/h4-7,12-13H,3,8-11H2,1-2H3. The van der Waals surface area contributed by atoms with E-state index >= 15 is 0 Å². The molecular formula is C20H22N4OS. The van der Waals surface area contributed by atoms with Gasteiger partial charge in [-0.1, -0.05) is 24.6 Å². The molecule has 6 heteroatoms. The lowest BCUT2D eigenvalue weighted by Gasteiger charge is -2.35. The van der Waals surface area contributed by atoms with E-state index in [1.807, 2.05) is 36.1 Å². The summed E-state index contributed by atoms with van der Waals surface area (Å²) < 4.78 is 0. The summed E-state index contributed by atoms with van der Waals surface area (Å²) in [4.78, 5) is 28.2. The summed E-state index contributed by atoms with van der Waals surface area (Å²) in [5.74, 6) is 1.11. The first-order chi connectivity index (χ1) is 12.7. The van der Waals surface area contributed by atoms with Crippen LogP contribution in [0.1, 0.15) is 27.7 Å². The number of amides is 1. The van der Waals surface area contributed by atoms with Gasteiger partial charge in [0.15, 0.2) is 0 Å². The van der Waals surface area contributed by atoms with Crippen LogP contribution >= 0.6 is 11.3 Å². The van der Waals surface area contributed by atoms with Crippen molar-refractivity contribution in [3.8, 4) is 0 Å². The summed E-state index contributed by atoms with van der Waals surface area (Å²) in [5.41, 5.74) is 1.93. The largest absolute Gasteiger partial charge is 0.352 e. The van der Waals surface area contributed by atoms with Crippen LogP contribution in [0, 0.1) is 6.92 Å². The van der Waals surface area contributed by atoms with E-state index in [0.717, 1.165) is 41.1 Å². The Morgan fingerprint density at radius 2 is 1.85 bits per heavy atom. The second-order valence-corrected chi connectivity index (χ2v) is 7.74. The molecular weight excluding hydrogens is 344 g/mol. The zero-order valence-electron chi connectivity index (χ0n) is 15.1. The molecule has 4 rings (SSSR count). The second kappa shape index (κ2) is 7.03. The van der Waals surface area contributed by atoms with E-state index in [9.17, 15) is 4.79 Å². The average Bonchev–Trinajstić information content (AvgIpc) is 3.11. The number of carbonyl (C=O) groups is 1. The Bertz CT molecular complexity index is 927. The molecule has 5 nitrogen and oxygen atoms in total. The molecule has 0 bridgehead atoms. The number of fused-ring (bicyclic) bond motifs is 1. The van der Waals surface area contributed by atoms with Crippen LogP contribution in [-0.4, -0.2) is 47.0 Å². The summed E-state index contributed by atoms with van der Waals surface area (Å²) in [5, 5.41) is 1.13. The molecule has 0 unspecified atom stereocenters. The maximum Gasteiger partial charge on any atom is 0.253 e. The minimum absolute atomic E-state index is 0.112. The smallest absolute Gasteiger partial charge is 0.253 e. The van der Waals surface area contributed by atoms with Gasteiger partial charge in [0.05, 0.1) is 5.39 Å². The molecule has 0 atom stereocenters. The molecule has 1 fully saturated rings. The number of thiophene rings is 1. The maximum atomic E-state index is 12.7. The molecule has 26 heavy (non-hydrogen) atoms. The number of nitrogens with zero attached hydrogens (tertiary/aromatic N) is 4. The molecule has 3 aromatic rings. The van der Waals surface area contributed by atoms with Gasteiger partial charge in [-0.15, -0.1) is 11.3 Å². The number of hydrogen-bond donors (Lipinski definition) is 0. The van der Waals surface area contributed by atoms with Crippen LogP contribution in [-0.2, 0) is 6.42 Å². The van der Waals surface area contributed by atoms with Crippen LogP contribution in [0.3, 0.4) is 0 Å². The number of anilines is 1.